The third-order valence-electron chi connectivity index (χ3n) is 4.50. The van der Waals surface area contributed by atoms with Crippen LogP contribution in [0.4, 0.5) is 114 Å². The van der Waals surface area contributed by atoms with E-state index in [-0.39, 0.29) is 0 Å². The molecule has 246 valence electrons. The molecule has 0 amide bonds. The van der Waals surface area contributed by atoms with Crippen LogP contribution in [-0.4, -0.2) is 71.6 Å². The third kappa shape index (κ3) is 5.23. The summed E-state index contributed by atoms with van der Waals surface area (Å²) >= 11 is -1.07. The van der Waals surface area contributed by atoms with Gasteiger partial charge in [0, 0.05) is 6.08 Å². The topological polar surface area (TPSA) is 0 Å². The normalized spacial score (nSPS) is 17.3. The Morgan fingerprint density at radius 3 is 0.780 bits per heavy atom. The second-order valence-electron chi connectivity index (χ2n) is 7.28. The van der Waals surface area contributed by atoms with Gasteiger partial charge < -0.3 is 0 Å². The van der Waals surface area contributed by atoms with Crippen molar-refractivity contribution in [3.63, 3.8) is 0 Å². The molecule has 0 nitrogen and oxygen atoms in total. The summed E-state index contributed by atoms with van der Waals surface area (Å²) in [6.07, 6.45) is -18.9. The molecule has 0 fully saturated rings. The van der Waals surface area contributed by atoms with Crippen molar-refractivity contribution in [1.82, 2.24) is 0 Å². The average Bonchev–Trinajstić information content (AvgIpc) is 2.70. The first-order chi connectivity index (χ1) is 17.1. The fourth-order valence-corrected chi connectivity index (χ4v) is 2.77. The lowest BCUT2D eigenvalue weighted by molar-refractivity contribution is -0.437. The molecule has 27 heteroatoms. The summed E-state index contributed by atoms with van der Waals surface area (Å²) in [7, 11) is 0. The van der Waals surface area contributed by atoms with Crippen molar-refractivity contribution in [3.05, 3.63) is 9.66 Å². The maximum Gasteiger partial charge on any atom is 0.460 e. The van der Waals surface area contributed by atoms with Crippen molar-refractivity contribution in [2.75, 3.05) is 0 Å². The van der Waals surface area contributed by atoms with Gasteiger partial charge in [-0.2, -0.15) is 114 Å². The zero-order chi connectivity index (χ0) is 34.3. The van der Waals surface area contributed by atoms with Gasteiger partial charge in [-0.25, -0.2) is 0 Å². The highest BCUT2D eigenvalue weighted by Gasteiger charge is 2.92. The van der Waals surface area contributed by atoms with E-state index < -0.39 is 104 Å². The predicted octanol–water partition coefficient (Wildman–Crippen LogP) is 9.78. The van der Waals surface area contributed by atoms with Crippen LogP contribution in [0, 0.1) is 0 Å². The maximum atomic E-state index is 13.8. The number of rotatable bonds is 10. The molecule has 41 heavy (non-hydrogen) atoms. The molecule has 0 aliphatic rings. The quantitative estimate of drug-likeness (QED) is 0.153. The van der Waals surface area contributed by atoms with Gasteiger partial charge in [-0.3, -0.25) is 0 Å². The van der Waals surface area contributed by atoms with Gasteiger partial charge in [0.25, 0.3) is 0 Å². The molecule has 0 N–H and O–H groups in total. The number of alkyl halides is 26. The molecule has 0 atom stereocenters. The van der Waals surface area contributed by atoms with Crippen LogP contribution >= 0.6 is 22.6 Å². The lowest BCUT2D eigenvalue weighted by atomic mass is 9.91. The third-order valence-corrected chi connectivity index (χ3v) is 5.49. The number of hydrogen-bond donors (Lipinski definition) is 0. The van der Waals surface area contributed by atoms with Crippen LogP contribution in [0.3, 0.4) is 0 Å². The van der Waals surface area contributed by atoms with Gasteiger partial charge in [0.2, 0.25) is 0 Å². The van der Waals surface area contributed by atoms with Gasteiger partial charge >= 0.3 is 71.6 Å². The van der Waals surface area contributed by atoms with Crippen molar-refractivity contribution in [2.45, 2.75) is 71.6 Å². The molecule has 0 aliphatic carbocycles. The standard InChI is InChI=1S/C14HF26I/c15-3(16,5(19,20)7(23,24)9(27,28)11(31,32)13(35,36)37)1-2(41)4(17,18)6(21,22)8(25,26)10(29,30)12(33,34)14(38,39)40/h1H/b2-1+. The Morgan fingerprint density at radius 2 is 0.537 bits per heavy atom. The molecule has 0 unspecified atom stereocenters. The van der Waals surface area contributed by atoms with Crippen LogP contribution in [0.25, 0.3) is 0 Å². The Hall–Kier alpha value is -1.35. The van der Waals surface area contributed by atoms with E-state index in [0.29, 0.717) is 0 Å². The summed E-state index contributed by atoms with van der Waals surface area (Å²) < 4.78 is 333. The number of hydrogen-bond acceptors (Lipinski definition) is 0. The Labute approximate surface area is 218 Å². The zero-order valence-electron chi connectivity index (χ0n) is 17.3. The Kier molecular flexibility index (Phi) is 9.51. The van der Waals surface area contributed by atoms with Gasteiger partial charge in [-0.05, 0) is 22.6 Å². The second-order valence-corrected chi connectivity index (χ2v) is 8.44. The summed E-state index contributed by atoms with van der Waals surface area (Å²) in [6.45, 7) is 0. The fourth-order valence-electron chi connectivity index (χ4n) is 2.04. The lowest BCUT2D eigenvalue weighted by Crippen LogP contribution is -2.70. The molecule has 0 aromatic rings. The van der Waals surface area contributed by atoms with Crippen LogP contribution in [0.1, 0.15) is 0 Å². The minimum atomic E-state index is -8.75. The van der Waals surface area contributed by atoms with Crippen molar-refractivity contribution < 1.29 is 114 Å². The molecule has 0 aliphatic heterocycles. The van der Waals surface area contributed by atoms with Crippen LogP contribution in [-0.2, 0) is 0 Å². The Bertz CT molecular complexity index is 991. The van der Waals surface area contributed by atoms with E-state index in [9.17, 15) is 114 Å². The largest absolute Gasteiger partial charge is 0.460 e. The van der Waals surface area contributed by atoms with Crippen molar-refractivity contribution in [1.29, 1.82) is 0 Å². The number of halogens is 27. The van der Waals surface area contributed by atoms with E-state index in [1.54, 1.807) is 0 Å². The molecule has 0 spiro atoms. The average molecular weight is 790 g/mol. The van der Waals surface area contributed by atoms with Gasteiger partial charge in [-0.1, -0.05) is 0 Å². The van der Waals surface area contributed by atoms with Gasteiger partial charge in [0.1, 0.15) is 0 Å². The molecule has 0 heterocycles. The first-order valence-corrected chi connectivity index (χ1v) is 9.51. The van der Waals surface area contributed by atoms with Crippen molar-refractivity contribution in [3.8, 4) is 0 Å². The lowest BCUT2D eigenvalue weighted by Gasteiger charge is -2.40. The molecular formula is C14HF26I. The summed E-state index contributed by atoms with van der Waals surface area (Å²) in [6, 6.07) is 0. The zero-order valence-corrected chi connectivity index (χ0v) is 19.4. The summed E-state index contributed by atoms with van der Waals surface area (Å²) in [4.78, 5) is 0. The second kappa shape index (κ2) is 9.83. The maximum absolute atomic E-state index is 13.8. The van der Waals surface area contributed by atoms with E-state index in [1.807, 2.05) is 0 Å². The summed E-state index contributed by atoms with van der Waals surface area (Å²) in [5.41, 5.74) is 0. The predicted molar refractivity (Wildman–Crippen MR) is 83.7 cm³/mol. The van der Waals surface area contributed by atoms with E-state index in [1.165, 1.54) is 0 Å². The van der Waals surface area contributed by atoms with Gasteiger partial charge in [-0.15, -0.1) is 0 Å². The first kappa shape index (κ1) is 39.6. The molecule has 0 aromatic carbocycles. The minimum Gasteiger partial charge on any atom is -0.195 e. The summed E-state index contributed by atoms with van der Waals surface area (Å²) in [5.74, 6) is -84.4. The SMILES string of the molecule is FC(F)(F)C(F)(F)C(F)(F)C(F)(F)C(F)(F)C(F)(F)/C=C(/I)C(F)(F)C(F)(F)C(F)(F)C(F)(F)C(F)(F)C(F)(F)F. The minimum absolute atomic E-state index is 1.07. The highest BCUT2D eigenvalue weighted by Crippen LogP contribution is 2.64. The van der Waals surface area contributed by atoms with E-state index >= 15 is 0 Å². The van der Waals surface area contributed by atoms with Crippen LogP contribution < -0.4 is 0 Å². The first-order valence-electron chi connectivity index (χ1n) is 8.43. The van der Waals surface area contributed by atoms with Gasteiger partial charge in [0.05, 0.1) is 3.58 Å². The van der Waals surface area contributed by atoms with Crippen molar-refractivity contribution in [2.24, 2.45) is 0 Å². The van der Waals surface area contributed by atoms with Crippen LogP contribution in [0.2, 0.25) is 0 Å². The molecule has 0 bridgehead atoms. The number of allylic oxidation sites excluding steroid dienone is 2. The Morgan fingerprint density at radius 1 is 0.317 bits per heavy atom. The van der Waals surface area contributed by atoms with E-state index in [2.05, 4.69) is 0 Å². The monoisotopic (exact) mass is 790 g/mol. The summed E-state index contributed by atoms with van der Waals surface area (Å²) in [5, 5.41) is 0. The highest BCUT2D eigenvalue weighted by atomic mass is 127. The molecular weight excluding hydrogens is 789 g/mol. The van der Waals surface area contributed by atoms with Crippen LogP contribution in [0.5, 0.6) is 0 Å². The van der Waals surface area contributed by atoms with Gasteiger partial charge in [0.15, 0.2) is 0 Å². The highest BCUT2D eigenvalue weighted by molar-refractivity contribution is 14.1. The molecule has 0 saturated heterocycles. The Balaban J connectivity index is 7.12. The molecule has 0 radical (unpaired) electrons. The van der Waals surface area contributed by atoms with E-state index in [0.717, 1.165) is 0 Å². The van der Waals surface area contributed by atoms with Crippen molar-refractivity contribution >= 4 is 22.6 Å². The smallest absolute Gasteiger partial charge is 0.195 e. The molecule has 0 saturated carbocycles. The van der Waals surface area contributed by atoms with E-state index in [4.69, 9.17) is 0 Å². The molecule has 0 aromatic heterocycles. The van der Waals surface area contributed by atoms with Crippen LogP contribution in [0.15, 0.2) is 9.66 Å². The molecule has 0 rings (SSSR count). The fraction of sp³-hybridized carbons (Fsp3) is 0.857.